The molecule has 0 spiro atoms. The van der Waals surface area contributed by atoms with Crippen LogP contribution in [-0.4, -0.2) is 40.1 Å². The van der Waals surface area contributed by atoms with Crippen molar-refractivity contribution in [3.05, 3.63) is 28.8 Å². The predicted molar refractivity (Wildman–Crippen MR) is 64.8 cm³/mol. The van der Waals surface area contributed by atoms with Gasteiger partial charge in [0.05, 0.1) is 11.4 Å². The Kier molecular flexibility index (Phi) is 3.43. The normalized spacial score (nSPS) is 15.3. The van der Waals surface area contributed by atoms with E-state index < -0.39 is 5.97 Å². The van der Waals surface area contributed by atoms with Crippen LogP contribution in [0, 0.1) is 5.92 Å². The van der Waals surface area contributed by atoms with Crippen molar-refractivity contribution in [2.24, 2.45) is 5.92 Å². The molecule has 2 rings (SSSR count). The molecule has 0 aromatic heterocycles. The molecule has 1 aromatic rings. The predicted octanol–water partition coefficient (Wildman–Crippen LogP) is 1.59. The molecular weight excluding hydrogens is 258 g/mol. The second-order valence-electron chi connectivity index (χ2n) is 4.34. The third-order valence-corrected chi connectivity index (χ3v) is 3.21. The van der Waals surface area contributed by atoms with Crippen molar-refractivity contribution >= 4 is 23.5 Å². The molecule has 96 valence electrons. The van der Waals surface area contributed by atoms with Crippen molar-refractivity contribution in [1.82, 2.24) is 4.90 Å². The van der Waals surface area contributed by atoms with Crippen LogP contribution in [0.4, 0.5) is 0 Å². The van der Waals surface area contributed by atoms with Crippen LogP contribution >= 0.6 is 11.6 Å². The van der Waals surface area contributed by atoms with Gasteiger partial charge in [-0.3, -0.25) is 9.59 Å². The lowest BCUT2D eigenvalue weighted by atomic mass is 9.95. The Morgan fingerprint density at radius 3 is 2.61 bits per heavy atom. The van der Waals surface area contributed by atoms with Gasteiger partial charge < -0.3 is 15.1 Å². The van der Waals surface area contributed by atoms with Crippen LogP contribution < -0.4 is 0 Å². The zero-order chi connectivity index (χ0) is 13.3. The average molecular weight is 270 g/mol. The Balaban J connectivity index is 1.97. The summed E-state index contributed by atoms with van der Waals surface area (Å²) >= 11 is 5.72. The minimum atomic E-state index is -0.847. The SMILES string of the molecule is O=C(O)CC1CN(C(=O)c2ccc(O)c(Cl)c2)C1. The lowest BCUT2D eigenvalue weighted by molar-refractivity contribution is -0.139. The van der Waals surface area contributed by atoms with E-state index in [-0.39, 0.29) is 29.0 Å². The first-order chi connectivity index (χ1) is 8.47. The van der Waals surface area contributed by atoms with Gasteiger partial charge >= 0.3 is 5.97 Å². The second-order valence-corrected chi connectivity index (χ2v) is 4.75. The number of carbonyl (C=O) groups excluding carboxylic acids is 1. The molecule has 5 nitrogen and oxygen atoms in total. The number of benzene rings is 1. The third-order valence-electron chi connectivity index (χ3n) is 2.90. The number of likely N-dealkylation sites (tertiary alicyclic amines) is 1. The van der Waals surface area contributed by atoms with Gasteiger partial charge in [0.25, 0.3) is 5.91 Å². The highest BCUT2D eigenvalue weighted by molar-refractivity contribution is 6.32. The number of hydrogen-bond donors (Lipinski definition) is 2. The number of phenolic OH excluding ortho intramolecular Hbond substituents is 1. The molecule has 1 heterocycles. The van der Waals surface area contributed by atoms with Crippen molar-refractivity contribution in [3.63, 3.8) is 0 Å². The van der Waals surface area contributed by atoms with Crippen LogP contribution in [-0.2, 0) is 4.79 Å². The Morgan fingerprint density at radius 2 is 2.06 bits per heavy atom. The number of carbonyl (C=O) groups is 2. The number of phenols is 1. The van der Waals surface area contributed by atoms with Crippen molar-refractivity contribution in [2.75, 3.05) is 13.1 Å². The molecule has 1 aliphatic rings. The van der Waals surface area contributed by atoms with Gasteiger partial charge in [-0.05, 0) is 18.2 Å². The van der Waals surface area contributed by atoms with E-state index in [1.54, 1.807) is 4.90 Å². The largest absolute Gasteiger partial charge is 0.506 e. The zero-order valence-electron chi connectivity index (χ0n) is 9.47. The molecule has 0 atom stereocenters. The monoisotopic (exact) mass is 269 g/mol. The van der Waals surface area contributed by atoms with Crippen LogP contribution in [0.3, 0.4) is 0 Å². The Bertz CT molecular complexity index is 497. The van der Waals surface area contributed by atoms with Crippen LogP contribution in [0.2, 0.25) is 5.02 Å². The van der Waals surface area contributed by atoms with Crippen molar-refractivity contribution in [1.29, 1.82) is 0 Å². The molecule has 18 heavy (non-hydrogen) atoms. The number of aliphatic carboxylic acids is 1. The number of aromatic hydroxyl groups is 1. The van der Waals surface area contributed by atoms with E-state index in [2.05, 4.69) is 0 Å². The Morgan fingerprint density at radius 1 is 1.39 bits per heavy atom. The first-order valence-electron chi connectivity index (χ1n) is 5.47. The summed E-state index contributed by atoms with van der Waals surface area (Å²) in [6.07, 6.45) is 0.0834. The van der Waals surface area contributed by atoms with Crippen LogP contribution in [0.5, 0.6) is 5.75 Å². The molecule has 0 bridgehead atoms. The molecule has 0 unspecified atom stereocenters. The first-order valence-corrected chi connectivity index (χ1v) is 5.84. The number of carboxylic acid groups (broad SMARTS) is 1. The smallest absolute Gasteiger partial charge is 0.303 e. The summed E-state index contributed by atoms with van der Waals surface area (Å²) in [5.74, 6) is -1.09. The molecule has 0 saturated carbocycles. The first kappa shape index (κ1) is 12.7. The second kappa shape index (κ2) is 4.86. The van der Waals surface area contributed by atoms with Crippen molar-refractivity contribution in [2.45, 2.75) is 6.42 Å². The summed E-state index contributed by atoms with van der Waals surface area (Å²) in [4.78, 5) is 24.0. The van der Waals surface area contributed by atoms with Crippen LogP contribution in [0.25, 0.3) is 0 Å². The van der Waals surface area contributed by atoms with Gasteiger partial charge in [-0.1, -0.05) is 11.6 Å². The number of hydrogen-bond acceptors (Lipinski definition) is 3. The molecule has 6 heteroatoms. The molecular formula is C12H12ClNO4. The highest BCUT2D eigenvalue weighted by Gasteiger charge is 2.32. The highest BCUT2D eigenvalue weighted by Crippen LogP contribution is 2.26. The van der Waals surface area contributed by atoms with Gasteiger partial charge in [-0.15, -0.1) is 0 Å². The maximum absolute atomic E-state index is 12.0. The van der Waals surface area contributed by atoms with Crippen molar-refractivity contribution in [3.8, 4) is 5.75 Å². The molecule has 1 saturated heterocycles. The zero-order valence-corrected chi connectivity index (χ0v) is 10.2. The third kappa shape index (κ3) is 2.56. The van der Waals surface area contributed by atoms with Crippen molar-refractivity contribution < 1.29 is 19.8 Å². The molecule has 0 aliphatic carbocycles. The Labute approximate surface area is 109 Å². The summed E-state index contributed by atoms with van der Waals surface area (Å²) < 4.78 is 0. The number of rotatable bonds is 3. The molecule has 1 aromatic carbocycles. The molecule has 1 aliphatic heterocycles. The summed E-state index contributed by atoms with van der Waals surface area (Å²) in [6.45, 7) is 0.896. The quantitative estimate of drug-likeness (QED) is 0.874. The summed E-state index contributed by atoms with van der Waals surface area (Å²) in [5.41, 5.74) is 0.395. The van der Waals surface area contributed by atoms with E-state index in [0.29, 0.717) is 18.7 Å². The summed E-state index contributed by atoms with van der Waals surface area (Å²) in [6, 6.07) is 4.27. The van der Waals surface area contributed by atoms with Gasteiger partial charge in [0, 0.05) is 24.6 Å². The molecule has 1 amide bonds. The van der Waals surface area contributed by atoms with Crippen LogP contribution in [0.15, 0.2) is 18.2 Å². The van der Waals surface area contributed by atoms with E-state index in [0.717, 1.165) is 0 Å². The molecule has 1 fully saturated rings. The van der Waals surface area contributed by atoms with E-state index in [1.807, 2.05) is 0 Å². The fourth-order valence-electron chi connectivity index (χ4n) is 1.93. The fraction of sp³-hybridized carbons (Fsp3) is 0.333. The summed E-state index contributed by atoms with van der Waals surface area (Å²) in [7, 11) is 0. The van der Waals surface area contributed by atoms with Gasteiger partial charge in [-0.2, -0.15) is 0 Å². The van der Waals surface area contributed by atoms with Gasteiger partial charge in [0.1, 0.15) is 5.75 Å². The van der Waals surface area contributed by atoms with E-state index in [4.69, 9.17) is 16.7 Å². The highest BCUT2D eigenvalue weighted by atomic mass is 35.5. The van der Waals surface area contributed by atoms with E-state index >= 15 is 0 Å². The number of halogens is 1. The number of amides is 1. The number of nitrogens with zero attached hydrogens (tertiary/aromatic N) is 1. The summed E-state index contributed by atoms with van der Waals surface area (Å²) in [5, 5.41) is 18.0. The maximum Gasteiger partial charge on any atom is 0.303 e. The van der Waals surface area contributed by atoms with E-state index in [1.165, 1.54) is 18.2 Å². The van der Waals surface area contributed by atoms with Gasteiger partial charge in [0.2, 0.25) is 0 Å². The van der Waals surface area contributed by atoms with E-state index in [9.17, 15) is 14.7 Å². The lowest BCUT2D eigenvalue weighted by Gasteiger charge is -2.38. The molecule has 2 N–H and O–H groups in total. The maximum atomic E-state index is 12.0. The van der Waals surface area contributed by atoms with Crippen LogP contribution in [0.1, 0.15) is 16.8 Å². The average Bonchev–Trinajstić information content (AvgIpc) is 2.25. The molecule has 0 radical (unpaired) electrons. The lowest BCUT2D eigenvalue weighted by Crippen LogP contribution is -2.50. The number of carboxylic acids is 1. The topological polar surface area (TPSA) is 77.8 Å². The standard InChI is InChI=1S/C12H12ClNO4/c13-9-4-8(1-2-10(9)15)12(18)14-5-7(6-14)3-11(16)17/h1-2,4,7,15H,3,5-6H2,(H,16,17). The minimum absolute atomic E-state index is 0.0269. The Hall–Kier alpha value is -1.75. The fourth-order valence-corrected chi connectivity index (χ4v) is 2.11. The minimum Gasteiger partial charge on any atom is -0.506 e. The van der Waals surface area contributed by atoms with Gasteiger partial charge in [-0.25, -0.2) is 0 Å². The van der Waals surface area contributed by atoms with Gasteiger partial charge in [0.15, 0.2) is 0 Å².